The third kappa shape index (κ3) is 2.90. The molecule has 4 heterocycles. The number of hydrogen-bond donors (Lipinski definition) is 0. The van der Waals surface area contributed by atoms with Gasteiger partial charge in [0.1, 0.15) is 11.9 Å². The highest BCUT2D eigenvalue weighted by Gasteiger charge is 2.48. The lowest BCUT2D eigenvalue weighted by molar-refractivity contribution is 0.0857. The van der Waals surface area contributed by atoms with Crippen molar-refractivity contribution >= 4 is 5.95 Å². The number of halogens is 1. The Morgan fingerprint density at radius 3 is 2.88 bits per heavy atom. The van der Waals surface area contributed by atoms with Gasteiger partial charge in [-0.05, 0) is 44.0 Å². The van der Waals surface area contributed by atoms with Gasteiger partial charge in [0.25, 0.3) is 0 Å². The second kappa shape index (κ2) is 6.16. The Bertz CT molecular complexity index is 675. The number of rotatable bonds is 3. The normalized spacial score (nSPS) is 27.9. The highest BCUT2D eigenvalue weighted by atomic mass is 19.1. The van der Waals surface area contributed by atoms with E-state index in [9.17, 15) is 4.39 Å². The van der Waals surface area contributed by atoms with Crippen LogP contribution in [0.3, 0.4) is 0 Å². The fourth-order valence-corrected chi connectivity index (χ4v) is 3.98. The lowest BCUT2D eigenvalue weighted by Crippen LogP contribution is -2.52. The third-order valence-electron chi connectivity index (χ3n) is 5.30. The van der Waals surface area contributed by atoms with Crippen LogP contribution in [-0.2, 0) is 6.54 Å². The quantitative estimate of drug-likeness (QED) is 0.866. The monoisotopic (exact) mass is 330 g/mol. The molecule has 2 aromatic rings. The van der Waals surface area contributed by atoms with Gasteiger partial charge < -0.3 is 9.32 Å². The molecule has 0 N–H and O–H groups in total. The molecule has 0 radical (unpaired) electrons. The van der Waals surface area contributed by atoms with E-state index < -0.39 is 6.17 Å². The third-order valence-corrected chi connectivity index (χ3v) is 5.30. The largest absolute Gasteiger partial charge is 0.468 e. The van der Waals surface area contributed by atoms with Crippen LogP contribution in [0.1, 0.15) is 24.2 Å². The molecular formula is C18H23FN4O. The van der Waals surface area contributed by atoms with Gasteiger partial charge in [0.2, 0.25) is 5.95 Å². The van der Waals surface area contributed by atoms with Gasteiger partial charge in [0, 0.05) is 37.4 Å². The minimum atomic E-state index is -0.763. The summed E-state index contributed by atoms with van der Waals surface area (Å²) >= 11 is 0. The number of nitrogens with zero attached hydrogens (tertiary/aromatic N) is 4. The van der Waals surface area contributed by atoms with Crippen molar-refractivity contribution in [3.63, 3.8) is 0 Å². The summed E-state index contributed by atoms with van der Waals surface area (Å²) in [7, 11) is 0. The van der Waals surface area contributed by atoms with E-state index in [1.807, 2.05) is 31.5 Å². The predicted molar refractivity (Wildman–Crippen MR) is 89.5 cm³/mol. The van der Waals surface area contributed by atoms with Crippen molar-refractivity contribution in [2.45, 2.75) is 32.5 Å². The second-order valence-electron chi connectivity index (χ2n) is 7.14. The van der Waals surface area contributed by atoms with E-state index in [4.69, 9.17) is 4.42 Å². The summed E-state index contributed by atoms with van der Waals surface area (Å²) in [5, 5.41) is 0. The summed E-state index contributed by atoms with van der Waals surface area (Å²) in [5.74, 6) is 1.66. The number of anilines is 1. The van der Waals surface area contributed by atoms with Gasteiger partial charge in [0.05, 0.1) is 12.8 Å². The van der Waals surface area contributed by atoms with Gasteiger partial charge in [-0.1, -0.05) is 0 Å². The Morgan fingerprint density at radius 2 is 2.12 bits per heavy atom. The molecule has 0 bridgehead atoms. The van der Waals surface area contributed by atoms with Gasteiger partial charge in [-0.3, -0.25) is 4.90 Å². The van der Waals surface area contributed by atoms with Crippen LogP contribution in [0.2, 0.25) is 0 Å². The minimum absolute atomic E-state index is 0.320. The summed E-state index contributed by atoms with van der Waals surface area (Å²) in [6.07, 6.45) is 6.00. The average Bonchev–Trinajstić information content (AvgIpc) is 3.22. The van der Waals surface area contributed by atoms with E-state index in [0.717, 1.165) is 43.3 Å². The molecule has 24 heavy (non-hydrogen) atoms. The molecular weight excluding hydrogens is 307 g/mol. The molecule has 2 aliphatic heterocycles. The zero-order valence-corrected chi connectivity index (χ0v) is 14.0. The van der Waals surface area contributed by atoms with Crippen LogP contribution in [0.25, 0.3) is 0 Å². The molecule has 2 atom stereocenters. The van der Waals surface area contributed by atoms with Gasteiger partial charge in [-0.15, -0.1) is 0 Å². The van der Waals surface area contributed by atoms with E-state index in [-0.39, 0.29) is 5.41 Å². The van der Waals surface area contributed by atoms with Crippen LogP contribution in [0.5, 0.6) is 0 Å². The summed E-state index contributed by atoms with van der Waals surface area (Å²) in [6.45, 7) is 5.77. The Balaban J connectivity index is 1.48. The molecule has 4 rings (SSSR count). The molecule has 2 saturated heterocycles. The molecule has 2 fully saturated rings. The van der Waals surface area contributed by atoms with Gasteiger partial charge >= 0.3 is 0 Å². The van der Waals surface area contributed by atoms with Crippen LogP contribution in [0.4, 0.5) is 10.3 Å². The van der Waals surface area contributed by atoms with Crippen molar-refractivity contribution in [1.29, 1.82) is 0 Å². The molecule has 2 aromatic heterocycles. The maximum absolute atomic E-state index is 14.8. The summed E-state index contributed by atoms with van der Waals surface area (Å²) < 4.78 is 20.3. The Kier molecular flexibility index (Phi) is 4.00. The first kappa shape index (κ1) is 15.6. The minimum Gasteiger partial charge on any atom is -0.468 e. The number of aromatic nitrogens is 2. The molecule has 0 unspecified atom stereocenters. The zero-order valence-electron chi connectivity index (χ0n) is 14.0. The SMILES string of the molecule is Cc1cnc(N2CC[C@H](F)[C@@]3(CCN(Cc4ccco4)C3)C2)nc1. The summed E-state index contributed by atoms with van der Waals surface area (Å²) in [6, 6.07) is 3.88. The Labute approximate surface area is 141 Å². The number of piperidine rings is 1. The fraction of sp³-hybridized carbons (Fsp3) is 0.556. The maximum atomic E-state index is 14.8. The second-order valence-corrected chi connectivity index (χ2v) is 7.14. The van der Waals surface area contributed by atoms with Gasteiger partial charge in [0.15, 0.2) is 0 Å². The molecule has 128 valence electrons. The smallest absolute Gasteiger partial charge is 0.225 e. The van der Waals surface area contributed by atoms with Gasteiger partial charge in [-0.25, -0.2) is 14.4 Å². The number of alkyl halides is 1. The fourth-order valence-electron chi connectivity index (χ4n) is 3.98. The lowest BCUT2D eigenvalue weighted by atomic mass is 9.77. The summed E-state index contributed by atoms with van der Waals surface area (Å²) in [5.41, 5.74) is 0.721. The van der Waals surface area contributed by atoms with Crippen LogP contribution in [-0.4, -0.2) is 47.2 Å². The van der Waals surface area contributed by atoms with E-state index in [0.29, 0.717) is 19.5 Å². The number of furan rings is 1. The predicted octanol–water partition coefficient (Wildman–Crippen LogP) is 2.82. The first-order valence-corrected chi connectivity index (χ1v) is 8.57. The topological polar surface area (TPSA) is 45.4 Å². The number of aryl methyl sites for hydroxylation is 1. The Hall–Kier alpha value is -1.95. The maximum Gasteiger partial charge on any atom is 0.225 e. The molecule has 1 spiro atoms. The van der Waals surface area contributed by atoms with Crippen molar-refractivity contribution in [1.82, 2.24) is 14.9 Å². The van der Waals surface area contributed by atoms with Crippen molar-refractivity contribution in [3.8, 4) is 0 Å². The standard InChI is InChI=1S/C18H23FN4O/c1-14-9-20-17(21-10-14)23-6-4-16(19)18(13-23)5-7-22(12-18)11-15-3-2-8-24-15/h2-3,8-10,16H,4-7,11-13H2,1H3/t16-,18+/m0/s1. The van der Waals surface area contributed by atoms with Crippen LogP contribution in [0.15, 0.2) is 35.2 Å². The molecule has 0 amide bonds. The lowest BCUT2D eigenvalue weighted by Gasteiger charge is -2.42. The zero-order chi connectivity index (χ0) is 16.6. The highest BCUT2D eigenvalue weighted by Crippen LogP contribution is 2.42. The van der Waals surface area contributed by atoms with E-state index >= 15 is 0 Å². The van der Waals surface area contributed by atoms with E-state index in [1.165, 1.54) is 0 Å². The molecule has 2 aliphatic rings. The molecule has 5 nitrogen and oxygen atoms in total. The van der Waals surface area contributed by atoms with Crippen LogP contribution < -0.4 is 4.90 Å². The van der Waals surface area contributed by atoms with E-state index in [2.05, 4.69) is 19.8 Å². The first-order valence-electron chi connectivity index (χ1n) is 8.57. The molecule has 6 heteroatoms. The van der Waals surface area contributed by atoms with Crippen molar-refractivity contribution < 1.29 is 8.81 Å². The van der Waals surface area contributed by atoms with Crippen LogP contribution in [0, 0.1) is 12.3 Å². The van der Waals surface area contributed by atoms with Crippen LogP contribution >= 0.6 is 0 Å². The summed E-state index contributed by atoms with van der Waals surface area (Å²) in [4.78, 5) is 13.3. The van der Waals surface area contributed by atoms with E-state index in [1.54, 1.807) is 6.26 Å². The van der Waals surface area contributed by atoms with Gasteiger partial charge in [-0.2, -0.15) is 0 Å². The van der Waals surface area contributed by atoms with Crippen molar-refractivity contribution in [2.75, 3.05) is 31.1 Å². The number of likely N-dealkylation sites (tertiary alicyclic amines) is 1. The highest BCUT2D eigenvalue weighted by molar-refractivity contribution is 5.32. The molecule has 0 aliphatic carbocycles. The average molecular weight is 330 g/mol. The molecule has 0 aromatic carbocycles. The van der Waals surface area contributed by atoms with Crippen molar-refractivity contribution in [2.24, 2.45) is 5.41 Å². The first-order chi connectivity index (χ1) is 11.6. The van der Waals surface area contributed by atoms with Crippen molar-refractivity contribution in [3.05, 3.63) is 42.1 Å². The number of hydrogen-bond acceptors (Lipinski definition) is 5. The molecule has 0 saturated carbocycles. The Morgan fingerprint density at radius 1 is 1.29 bits per heavy atom.